The largest absolute Gasteiger partial charge is 0.497 e. The van der Waals surface area contributed by atoms with Gasteiger partial charge in [0.25, 0.3) is 5.91 Å². The second kappa shape index (κ2) is 8.54. The van der Waals surface area contributed by atoms with Crippen molar-refractivity contribution in [2.45, 2.75) is 33.7 Å². The maximum Gasteiger partial charge on any atom is 0.254 e. The van der Waals surface area contributed by atoms with Gasteiger partial charge in [-0.25, -0.2) is 0 Å². The van der Waals surface area contributed by atoms with Gasteiger partial charge in [-0.2, -0.15) is 0 Å². The highest BCUT2D eigenvalue weighted by atomic mass is 16.5. The molecule has 2 amide bonds. The van der Waals surface area contributed by atoms with Crippen LogP contribution in [0.1, 0.15) is 42.5 Å². The lowest BCUT2D eigenvalue weighted by atomic mass is 9.95. The number of carbonyl (C=O) groups excluding carboxylic acids is 2. The summed E-state index contributed by atoms with van der Waals surface area (Å²) in [5, 5.41) is 2.96. The lowest BCUT2D eigenvalue weighted by Gasteiger charge is -2.26. The highest BCUT2D eigenvalue weighted by Gasteiger charge is 2.26. The maximum absolute atomic E-state index is 13.0. The molecule has 1 aromatic heterocycles. The molecule has 0 bridgehead atoms. The summed E-state index contributed by atoms with van der Waals surface area (Å²) in [4.78, 5) is 27.1. The molecule has 32 heavy (non-hydrogen) atoms. The molecule has 4 rings (SSSR count). The fraction of sp³-hybridized carbons (Fsp3) is 0.308. The Kier molecular flexibility index (Phi) is 5.78. The van der Waals surface area contributed by atoms with Crippen LogP contribution in [0.25, 0.3) is 11.3 Å². The number of ether oxygens (including phenoxy) is 1. The summed E-state index contributed by atoms with van der Waals surface area (Å²) in [6.45, 7) is 6.73. The van der Waals surface area contributed by atoms with Crippen LogP contribution in [0.4, 0.5) is 5.69 Å². The summed E-state index contributed by atoms with van der Waals surface area (Å²) in [6, 6.07) is 16.8. The predicted octanol–water partition coefficient (Wildman–Crippen LogP) is 5.14. The lowest BCUT2D eigenvalue weighted by molar-refractivity contribution is -0.123. The Morgan fingerprint density at radius 1 is 1.06 bits per heavy atom. The highest BCUT2D eigenvalue weighted by molar-refractivity contribution is 5.95. The van der Waals surface area contributed by atoms with Crippen LogP contribution in [0.3, 0.4) is 0 Å². The topological polar surface area (TPSA) is 71.8 Å². The Labute approximate surface area is 188 Å². The highest BCUT2D eigenvalue weighted by Crippen LogP contribution is 2.32. The summed E-state index contributed by atoms with van der Waals surface area (Å²) in [5.41, 5.74) is 2.76. The van der Waals surface area contributed by atoms with Gasteiger partial charge in [0.15, 0.2) is 0 Å². The molecule has 2 aromatic carbocycles. The Morgan fingerprint density at radius 2 is 1.84 bits per heavy atom. The minimum atomic E-state index is -0.474. The third-order valence-corrected chi connectivity index (χ3v) is 5.56. The molecule has 166 valence electrons. The van der Waals surface area contributed by atoms with E-state index in [-0.39, 0.29) is 11.8 Å². The van der Waals surface area contributed by atoms with Crippen molar-refractivity contribution in [1.29, 1.82) is 0 Å². The molecule has 3 aromatic rings. The van der Waals surface area contributed by atoms with E-state index in [4.69, 9.17) is 9.15 Å². The molecule has 0 spiro atoms. The first-order valence-electron chi connectivity index (χ1n) is 10.7. The van der Waals surface area contributed by atoms with E-state index in [1.54, 1.807) is 19.2 Å². The molecule has 0 atom stereocenters. The quantitative estimate of drug-likeness (QED) is 0.620. The number of furan rings is 1. The molecule has 0 saturated heterocycles. The molecular formula is C26H28N2O4. The van der Waals surface area contributed by atoms with E-state index in [1.165, 1.54) is 0 Å². The first-order valence-corrected chi connectivity index (χ1v) is 10.7. The van der Waals surface area contributed by atoms with Crippen LogP contribution in [-0.2, 0) is 17.8 Å². The van der Waals surface area contributed by atoms with Gasteiger partial charge >= 0.3 is 0 Å². The normalized spacial score (nSPS) is 13.4. The number of hydrogen-bond donors (Lipinski definition) is 1. The molecule has 0 radical (unpaired) electrons. The molecule has 6 nitrogen and oxygen atoms in total. The van der Waals surface area contributed by atoms with Gasteiger partial charge in [0, 0.05) is 47.3 Å². The molecular weight excluding hydrogens is 404 g/mol. The number of fused-ring (bicyclic) bond motifs is 1. The van der Waals surface area contributed by atoms with Crippen LogP contribution in [0.15, 0.2) is 59.0 Å². The Bertz CT molecular complexity index is 1160. The van der Waals surface area contributed by atoms with Gasteiger partial charge in [-0.3, -0.25) is 9.59 Å². The Morgan fingerprint density at radius 3 is 2.59 bits per heavy atom. The van der Waals surface area contributed by atoms with Crippen molar-refractivity contribution in [1.82, 2.24) is 4.90 Å². The summed E-state index contributed by atoms with van der Waals surface area (Å²) in [6.07, 6.45) is 0.658. The zero-order valence-corrected chi connectivity index (χ0v) is 18.9. The molecule has 2 heterocycles. The number of benzene rings is 2. The van der Waals surface area contributed by atoms with Crippen LogP contribution in [0, 0.1) is 5.41 Å². The third-order valence-electron chi connectivity index (χ3n) is 5.56. The van der Waals surface area contributed by atoms with E-state index >= 15 is 0 Å². The van der Waals surface area contributed by atoms with Gasteiger partial charge < -0.3 is 19.4 Å². The van der Waals surface area contributed by atoms with Gasteiger partial charge in [0.2, 0.25) is 5.91 Å². The lowest BCUT2D eigenvalue weighted by Crippen LogP contribution is -2.35. The van der Waals surface area contributed by atoms with Crippen molar-refractivity contribution in [3.8, 4) is 17.1 Å². The number of rotatable bonds is 4. The van der Waals surface area contributed by atoms with E-state index in [1.807, 2.05) is 68.1 Å². The third kappa shape index (κ3) is 4.54. The molecule has 0 aliphatic carbocycles. The van der Waals surface area contributed by atoms with Crippen LogP contribution in [0.2, 0.25) is 0 Å². The van der Waals surface area contributed by atoms with Crippen LogP contribution >= 0.6 is 0 Å². The van der Waals surface area contributed by atoms with Crippen LogP contribution in [0.5, 0.6) is 5.75 Å². The summed E-state index contributed by atoms with van der Waals surface area (Å²) >= 11 is 0. The molecule has 0 unspecified atom stereocenters. The second-order valence-electron chi connectivity index (χ2n) is 9.05. The molecule has 0 fully saturated rings. The van der Waals surface area contributed by atoms with E-state index < -0.39 is 5.41 Å². The summed E-state index contributed by atoms with van der Waals surface area (Å²) < 4.78 is 11.4. The number of nitrogens with one attached hydrogen (secondary N) is 1. The average molecular weight is 433 g/mol. The fourth-order valence-corrected chi connectivity index (χ4v) is 3.66. The van der Waals surface area contributed by atoms with Gasteiger partial charge in [-0.15, -0.1) is 0 Å². The van der Waals surface area contributed by atoms with Gasteiger partial charge in [0.05, 0.1) is 7.11 Å². The van der Waals surface area contributed by atoms with Crippen LogP contribution < -0.4 is 10.1 Å². The van der Waals surface area contributed by atoms with Crippen molar-refractivity contribution >= 4 is 17.5 Å². The molecule has 6 heteroatoms. The monoisotopic (exact) mass is 432 g/mol. The molecule has 0 saturated carbocycles. The van der Waals surface area contributed by atoms with Crippen molar-refractivity contribution < 1.29 is 18.7 Å². The zero-order valence-electron chi connectivity index (χ0n) is 18.9. The van der Waals surface area contributed by atoms with Gasteiger partial charge in [-0.1, -0.05) is 39.0 Å². The van der Waals surface area contributed by atoms with E-state index in [9.17, 15) is 9.59 Å². The second-order valence-corrected chi connectivity index (χ2v) is 9.05. The Balaban J connectivity index is 1.52. The van der Waals surface area contributed by atoms with Crippen molar-refractivity contribution in [3.05, 3.63) is 71.5 Å². The predicted molar refractivity (Wildman–Crippen MR) is 124 cm³/mol. The minimum Gasteiger partial charge on any atom is -0.497 e. The number of anilines is 1. The molecule has 1 aliphatic heterocycles. The first-order chi connectivity index (χ1) is 15.2. The van der Waals surface area contributed by atoms with E-state index in [2.05, 4.69) is 5.32 Å². The number of nitrogens with zero attached hydrogens (tertiary/aromatic N) is 1. The standard InChI is InChI=1S/C26H28N2O4/c1-26(2,3)25(30)27-20-9-5-7-17(13-20)23-15-19-16-28(12-11-22(19)32-23)24(29)18-8-6-10-21(14-18)31-4/h5-10,13-15H,11-12,16H2,1-4H3,(H,27,30). The fourth-order valence-electron chi connectivity index (χ4n) is 3.66. The number of carbonyl (C=O) groups is 2. The molecule has 1 aliphatic rings. The van der Waals surface area contributed by atoms with Crippen LogP contribution in [-0.4, -0.2) is 30.4 Å². The van der Waals surface area contributed by atoms with Gasteiger partial charge in [0.1, 0.15) is 17.3 Å². The number of amides is 2. The zero-order chi connectivity index (χ0) is 22.9. The maximum atomic E-state index is 13.0. The molecule has 1 N–H and O–H groups in total. The number of hydrogen-bond acceptors (Lipinski definition) is 4. The van der Waals surface area contributed by atoms with Crippen molar-refractivity contribution in [2.24, 2.45) is 5.41 Å². The smallest absolute Gasteiger partial charge is 0.254 e. The van der Waals surface area contributed by atoms with E-state index in [0.29, 0.717) is 30.8 Å². The Hall–Kier alpha value is -3.54. The van der Waals surface area contributed by atoms with E-state index in [0.717, 1.165) is 28.3 Å². The first kappa shape index (κ1) is 21.7. The van der Waals surface area contributed by atoms with Crippen molar-refractivity contribution in [3.63, 3.8) is 0 Å². The summed E-state index contributed by atoms with van der Waals surface area (Å²) in [7, 11) is 1.59. The van der Waals surface area contributed by atoms with Gasteiger partial charge in [-0.05, 0) is 36.4 Å². The number of methoxy groups -OCH3 is 1. The minimum absolute atomic E-state index is 0.0239. The van der Waals surface area contributed by atoms with Crippen molar-refractivity contribution in [2.75, 3.05) is 19.0 Å². The SMILES string of the molecule is COc1cccc(C(=O)N2CCc3oc(-c4cccc(NC(=O)C(C)(C)C)c4)cc3C2)c1. The summed E-state index contributed by atoms with van der Waals surface area (Å²) in [5.74, 6) is 2.23. The average Bonchev–Trinajstić information content (AvgIpc) is 3.21.